The van der Waals surface area contributed by atoms with Crippen molar-refractivity contribution in [3.8, 4) is 0 Å². The molecule has 0 spiro atoms. The number of rotatable bonds is 9. The third kappa shape index (κ3) is 6.99. The van der Waals surface area contributed by atoms with Gasteiger partial charge in [-0.1, -0.05) is 124 Å². The predicted molar refractivity (Wildman–Crippen MR) is 183 cm³/mol. The van der Waals surface area contributed by atoms with Crippen LogP contribution in [-0.4, -0.2) is 5.71 Å². The Morgan fingerprint density at radius 1 is 0.786 bits per heavy atom. The standard InChI is InChI=1S/C37H34N2S.C2H6/c1-30-15-12-13-16-32(30)29-39-28-14-23-37(38)31-24-26-36(27-25-31)40(34-19-8-4-9-20-34,35-21-10-5-11-22-35)33-17-6-2-3-7-18-33;1-2/h2,4-22,24-29,38-39H,1,3,23H2;1-2H3/b28-14-,32-29-,38-37?;. The Balaban J connectivity index is 0.00000198. The zero-order valence-electron chi connectivity index (χ0n) is 24.5. The molecule has 0 saturated heterocycles. The van der Waals surface area contributed by atoms with E-state index in [1.165, 1.54) is 19.6 Å². The molecular formula is C39H40N2S. The lowest BCUT2D eigenvalue weighted by atomic mass is 10.1. The maximum atomic E-state index is 8.72. The molecule has 0 saturated carbocycles. The molecule has 42 heavy (non-hydrogen) atoms. The lowest BCUT2D eigenvalue weighted by Crippen LogP contribution is -2.24. The fraction of sp³-hybridized carbons (Fsp3) is 0.103. The van der Waals surface area contributed by atoms with Crippen molar-refractivity contribution in [2.75, 3.05) is 0 Å². The van der Waals surface area contributed by atoms with Crippen molar-refractivity contribution in [3.05, 3.63) is 173 Å². The molecule has 212 valence electrons. The minimum Gasteiger partial charge on any atom is -0.367 e. The Morgan fingerprint density at radius 3 is 2.02 bits per heavy atom. The number of benzene rings is 4. The molecule has 4 aromatic carbocycles. The van der Waals surface area contributed by atoms with Gasteiger partial charge in [-0.2, -0.15) is 0 Å². The Bertz CT molecular complexity index is 1640. The molecule has 2 N–H and O–H groups in total. The first-order chi connectivity index (χ1) is 20.7. The van der Waals surface area contributed by atoms with Gasteiger partial charge in [0, 0.05) is 37.9 Å². The largest absolute Gasteiger partial charge is 0.367 e. The third-order valence-corrected chi connectivity index (χ3v) is 10.8. The molecule has 0 aromatic heterocycles. The Hall–Kier alpha value is -4.60. The van der Waals surface area contributed by atoms with E-state index in [1.807, 2.05) is 56.6 Å². The van der Waals surface area contributed by atoms with Crippen molar-refractivity contribution >= 4 is 28.5 Å². The number of hydrogen-bond acceptors (Lipinski definition) is 2. The topological polar surface area (TPSA) is 35.9 Å². The van der Waals surface area contributed by atoms with Crippen molar-refractivity contribution in [2.24, 2.45) is 0 Å². The predicted octanol–water partition coefficient (Wildman–Crippen LogP) is 9.10. The van der Waals surface area contributed by atoms with Crippen LogP contribution < -0.4 is 15.8 Å². The molecule has 0 bridgehead atoms. The highest BCUT2D eigenvalue weighted by atomic mass is 32.3. The van der Waals surface area contributed by atoms with E-state index < -0.39 is 10.0 Å². The highest BCUT2D eigenvalue weighted by Crippen LogP contribution is 2.73. The Morgan fingerprint density at radius 2 is 1.38 bits per heavy atom. The van der Waals surface area contributed by atoms with Crippen molar-refractivity contribution in [1.29, 1.82) is 5.41 Å². The van der Waals surface area contributed by atoms with Gasteiger partial charge in [-0.3, -0.25) is 0 Å². The van der Waals surface area contributed by atoms with Gasteiger partial charge in [0.2, 0.25) is 0 Å². The van der Waals surface area contributed by atoms with Crippen molar-refractivity contribution < 1.29 is 0 Å². The SMILES string of the molecule is C=c1cccc/c1=C/N/C=C\CC(=N)c1ccc(S(C2=CC=CCC=C2)(c2ccccc2)c2ccccc2)cc1.CC. The molecule has 0 amide bonds. The van der Waals surface area contributed by atoms with E-state index in [2.05, 4.69) is 127 Å². The molecule has 4 aromatic rings. The van der Waals surface area contributed by atoms with Crippen LogP contribution >= 0.6 is 10.0 Å². The third-order valence-electron chi connectivity index (χ3n) is 6.88. The molecule has 0 heterocycles. The highest BCUT2D eigenvalue weighted by Gasteiger charge is 2.34. The summed E-state index contributed by atoms with van der Waals surface area (Å²) in [4.78, 5) is 5.15. The second-order valence-electron chi connectivity index (χ2n) is 9.49. The van der Waals surface area contributed by atoms with Gasteiger partial charge in [0.25, 0.3) is 0 Å². The lowest BCUT2D eigenvalue weighted by Gasteiger charge is -2.42. The summed E-state index contributed by atoms with van der Waals surface area (Å²) in [6.07, 6.45) is 18.5. The molecular weight excluding hydrogens is 529 g/mol. The van der Waals surface area contributed by atoms with Crippen LogP contribution in [0.3, 0.4) is 0 Å². The van der Waals surface area contributed by atoms with Gasteiger partial charge in [-0.05, 0) is 71.1 Å². The smallest absolute Gasteiger partial charge is 0.0424 e. The van der Waals surface area contributed by atoms with Crippen LogP contribution in [0.25, 0.3) is 12.8 Å². The van der Waals surface area contributed by atoms with E-state index in [0.717, 1.165) is 22.4 Å². The minimum absolute atomic E-state index is 0.542. The summed E-state index contributed by atoms with van der Waals surface area (Å²) in [5, 5.41) is 13.9. The second kappa shape index (κ2) is 15.4. The average molecular weight is 569 g/mol. The Kier molecular flexibility index (Phi) is 11.1. The number of nitrogens with one attached hydrogen (secondary N) is 2. The van der Waals surface area contributed by atoms with Gasteiger partial charge < -0.3 is 10.7 Å². The summed E-state index contributed by atoms with van der Waals surface area (Å²) >= 11 is 0. The van der Waals surface area contributed by atoms with Gasteiger partial charge in [-0.15, -0.1) is 10.0 Å². The van der Waals surface area contributed by atoms with Gasteiger partial charge >= 0.3 is 0 Å². The highest BCUT2D eigenvalue weighted by molar-refractivity contribution is 8.37. The van der Waals surface area contributed by atoms with Gasteiger partial charge in [0.15, 0.2) is 0 Å². The summed E-state index contributed by atoms with van der Waals surface area (Å²) in [7, 11) is -1.74. The lowest BCUT2D eigenvalue weighted by molar-refractivity contribution is 1.23. The monoisotopic (exact) mass is 568 g/mol. The summed E-state index contributed by atoms with van der Waals surface area (Å²) in [6, 6.07) is 38.4. The summed E-state index contributed by atoms with van der Waals surface area (Å²) in [5.41, 5.74) is 1.51. The fourth-order valence-corrected chi connectivity index (χ4v) is 8.76. The zero-order chi connectivity index (χ0) is 29.6. The first-order valence-corrected chi connectivity index (χ1v) is 16.1. The van der Waals surface area contributed by atoms with Crippen LogP contribution in [0.2, 0.25) is 0 Å². The minimum atomic E-state index is -1.74. The molecule has 0 fully saturated rings. The quantitative estimate of drug-likeness (QED) is 0.194. The first kappa shape index (κ1) is 30.4. The van der Waals surface area contributed by atoms with E-state index in [1.54, 1.807) is 0 Å². The summed E-state index contributed by atoms with van der Waals surface area (Å²) < 4.78 is 0. The summed E-state index contributed by atoms with van der Waals surface area (Å²) in [6.45, 7) is 8.05. The molecule has 3 heteroatoms. The molecule has 1 aliphatic carbocycles. The van der Waals surface area contributed by atoms with Gasteiger partial charge in [0.1, 0.15) is 0 Å². The second-order valence-corrected chi connectivity index (χ2v) is 12.6. The molecule has 0 atom stereocenters. The average Bonchev–Trinajstić information content (AvgIpc) is 3.34. The molecule has 0 unspecified atom stereocenters. The normalized spacial score (nSPS) is 13.6. The molecule has 1 aliphatic rings. The fourth-order valence-electron chi connectivity index (χ4n) is 4.87. The maximum Gasteiger partial charge on any atom is 0.0424 e. The Labute approximate surface area is 252 Å². The van der Waals surface area contributed by atoms with Gasteiger partial charge in [-0.25, -0.2) is 0 Å². The van der Waals surface area contributed by atoms with Crippen LogP contribution in [0.5, 0.6) is 0 Å². The number of hydrogen-bond donors (Lipinski definition) is 2. The van der Waals surface area contributed by atoms with Crippen LogP contribution in [0.15, 0.2) is 171 Å². The van der Waals surface area contributed by atoms with Gasteiger partial charge in [0.05, 0.1) is 0 Å². The van der Waals surface area contributed by atoms with Crippen LogP contribution in [0, 0.1) is 5.41 Å². The molecule has 0 radical (unpaired) electrons. The molecule has 5 rings (SSSR count). The number of allylic oxidation sites excluding steroid dienone is 6. The van der Waals surface area contributed by atoms with E-state index in [9.17, 15) is 0 Å². The van der Waals surface area contributed by atoms with Crippen LogP contribution in [0.1, 0.15) is 32.3 Å². The van der Waals surface area contributed by atoms with Crippen LogP contribution in [-0.2, 0) is 0 Å². The van der Waals surface area contributed by atoms with Crippen LogP contribution in [0.4, 0.5) is 0 Å². The van der Waals surface area contributed by atoms with Crippen molar-refractivity contribution in [3.63, 3.8) is 0 Å². The first-order valence-electron chi connectivity index (χ1n) is 14.5. The van der Waals surface area contributed by atoms with E-state index >= 15 is 0 Å². The molecule has 0 aliphatic heterocycles. The maximum absolute atomic E-state index is 8.72. The molecule has 2 nitrogen and oxygen atoms in total. The van der Waals surface area contributed by atoms with E-state index in [4.69, 9.17) is 5.41 Å². The van der Waals surface area contributed by atoms with Crippen molar-refractivity contribution in [1.82, 2.24) is 5.32 Å². The van der Waals surface area contributed by atoms with E-state index in [-0.39, 0.29) is 0 Å². The zero-order valence-corrected chi connectivity index (χ0v) is 25.4. The van der Waals surface area contributed by atoms with E-state index in [0.29, 0.717) is 12.1 Å². The summed E-state index contributed by atoms with van der Waals surface area (Å²) in [5.74, 6) is 0. The van der Waals surface area contributed by atoms with Crippen molar-refractivity contribution in [2.45, 2.75) is 41.4 Å².